The van der Waals surface area contributed by atoms with E-state index < -0.39 is 0 Å². The summed E-state index contributed by atoms with van der Waals surface area (Å²) in [6, 6.07) is 13.7. The molecule has 2 aromatic rings. The lowest BCUT2D eigenvalue weighted by Gasteiger charge is -2.19. The van der Waals surface area contributed by atoms with E-state index in [0.717, 1.165) is 23.4 Å². The van der Waals surface area contributed by atoms with Gasteiger partial charge in [-0.2, -0.15) is 0 Å². The van der Waals surface area contributed by atoms with Gasteiger partial charge in [-0.1, -0.05) is 38.1 Å². The van der Waals surface area contributed by atoms with Crippen LogP contribution in [0.25, 0.3) is 0 Å². The summed E-state index contributed by atoms with van der Waals surface area (Å²) in [5, 5.41) is 3.04. The molecule has 1 N–H and O–H groups in total. The van der Waals surface area contributed by atoms with Crippen LogP contribution in [0.15, 0.2) is 42.5 Å². The van der Waals surface area contributed by atoms with Crippen LogP contribution in [0.3, 0.4) is 0 Å². The molecule has 1 atom stereocenters. The molecule has 0 aliphatic carbocycles. The number of fused-ring (bicyclic) bond motifs is 1. The number of benzene rings is 2. The van der Waals surface area contributed by atoms with Crippen LogP contribution >= 0.6 is 0 Å². The van der Waals surface area contributed by atoms with Gasteiger partial charge in [0, 0.05) is 5.69 Å². The van der Waals surface area contributed by atoms with Crippen LogP contribution in [-0.4, -0.2) is 19.1 Å². The van der Waals surface area contributed by atoms with Crippen molar-refractivity contribution in [2.45, 2.75) is 32.6 Å². The maximum atomic E-state index is 12.4. The van der Waals surface area contributed by atoms with Crippen LogP contribution in [0.1, 0.15) is 37.3 Å². The average molecular weight is 325 g/mol. The van der Waals surface area contributed by atoms with E-state index >= 15 is 0 Å². The molecule has 1 aliphatic heterocycles. The average Bonchev–Trinajstić information content (AvgIpc) is 2.61. The molecular weight excluding hydrogens is 302 g/mol. The highest BCUT2D eigenvalue weighted by Crippen LogP contribution is 2.31. The molecule has 0 saturated heterocycles. The molecule has 24 heavy (non-hydrogen) atoms. The number of rotatable bonds is 5. The Morgan fingerprint density at radius 1 is 1.12 bits per heavy atom. The molecular formula is C20H23NO3. The van der Waals surface area contributed by atoms with Crippen LogP contribution in [0.4, 0.5) is 5.69 Å². The first kappa shape index (κ1) is 16.4. The standard InChI is InChI=1S/C20H23NO3/c1-3-14(2)16-6-4-5-7-17(16)21-20(22)13-15-8-9-18-19(12-15)24-11-10-23-18/h4-9,12,14H,3,10-11,13H2,1-2H3,(H,21,22). The minimum atomic E-state index is -0.0255. The molecule has 0 aromatic heterocycles. The van der Waals surface area contributed by atoms with Gasteiger partial charge < -0.3 is 14.8 Å². The molecule has 126 valence electrons. The molecule has 4 nitrogen and oxygen atoms in total. The van der Waals surface area contributed by atoms with Crippen molar-refractivity contribution >= 4 is 11.6 Å². The summed E-state index contributed by atoms with van der Waals surface area (Å²) in [6.07, 6.45) is 1.35. The second-order valence-corrected chi connectivity index (χ2v) is 6.10. The third-order valence-corrected chi connectivity index (χ3v) is 4.35. The Hall–Kier alpha value is -2.49. The molecule has 1 heterocycles. The molecule has 0 fully saturated rings. The summed E-state index contributed by atoms with van der Waals surface area (Å²) in [4.78, 5) is 12.4. The van der Waals surface area contributed by atoms with E-state index in [-0.39, 0.29) is 5.91 Å². The molecule has 0 radical (unpaired) electrons. The monoisotopic (exact) mass is 325 g/mol. The van der Waals surface area contributed by atoms with Gasteiger partial charge in [0.2, 0.25) is 5.91 Å². The van der Waals surface area contributed by atoms with E-state index in [1.165, 1.54) is 5.56 Å². The fraction of sp³-hybridized carbons (Fsp3) is 0.350. The zero-order valence-electron chi connectivity index (χ0n) is 14.2. The van der Waals surface area contributed by atoms with Crippen LogP contribution < -0.4 is 14.8 Å². The smallest absolute Gasteiger partial charge is 0.228 e. The van der Waals surface area contributed by atoms with Crippen molar-refractivity contribution in [3.05, 3.63) is 53.6 Å². The number of anilines is 1. The van der Waals surface area contributed by atoms with E-state index in [1.54, 1.807) is 0 Å². The van der Waals surface area contributed by atoms with Crippen LogP contribution in [0.2, 0.25) is 0 Å². The van der Waals surface area contributed by atoms with E-state index in [9.17, 15) is 4.79 Å². The number of hydrogen-bond acceptors (Lipinski definition) is 3. The lowest BCUT2D eigenvalue weighted by Crippen LogP contribution is -2.17. The number of carbonyl (C=O) groups is 1. The Morgan fingerprint density at radius 2 is 1.88 bits per heavy atom. The minimum Gasteiger partial charge on any atom is -0.486 e. The van der Waals surface area contributed by atoms with Crippen molar-refractivity contribution in [1.82, 2.24) is 0 Å². The highest BCUT2D eigenvalue weighted by Gasteiger charge is 2.14. The lowest BCUT2D eigenvalue weighted by atomic mass is 9.97. The van der Waals surface area contributed by atoms with Crippen LogP contribution in [0.5, 0.6) is 11.5 Å². The van der Waals surface area contributed by atoms with Crippen molar-refractivity contribution in [3.8, 4) is 11.5 Å². The van der Waals surface area contributed by atoms with Gasteiger partial charge in [0.25, 0.3) is 0 Å². The fourth-order valence-corrected chi connectivity index (χ4v) is 2.84. The largest absolute Gasteiger partial charge is 0.486 e. The molecule has 2 aromatic carbocycles. The summed E-state index contributed by atoms with van der Waals surface area (Å²) >= 11 is 0. The van der Waals surface area contributed by atoms with Gasteiger partial charge in [0.05, 0.1) is 6.42 Å². The SMILES string of the molecule is CCC(C)c1ccccc1NC(=O)Cc1ccc2c(c1)OCCO2. The van der Waals surface area contributed by atoms with E-state index in [4.69, 9.17) is 9.47 Å². The Balaban J connectivity index is 1.70. The molecule has 1 aliphatic rings. The van der Waals surface area contributed by atoms with Crippen molar-refractivity contribution in [2.75, 3.05) is 18.5 Å². The van der Waals surface area contributed by atoms with E-state index in [2.05, 4.69) is 25.2 Å². The highest BCUT2D eigenvalue weighted by atomic mass is 16.6. The first-order valence-corrected chi connectivity index (χ1v) is 8.44. The summed E-state index contributed by atoms with van der Waals surface area (Å²) in [5.74, 6) is 1.84. The minimum absolute atomic E-state index is 0.0255. The molecule has 4 heteroatoms. The Morgan fingerprint density at radius 3 is 2.67 bits per heavy atom. The normalized spacial score (nSPS) is 14.1. The second-order valence-electron chi connectivity index (χ2n) is 6.10. The van der Waals surface area contributed by atoms with E-state index in [0.29, 0.717) is 31.3 Å². The highest BCUT2D eigenvalue weighted by molar-refractivity contribution is 5.93. The zero-order chi connectivity index (χ0) is 16.9. The lowest BCUT2D eigenvalue weighted by molar-refractivity contribution is -0.115. The molecule has 1 amide bonds. The van der Waals surface area contributed by atoms with Gasteiger partial charge >= 0.3 is 0 Å². The maximum Gasteiger partial charge on any atom is 0.228 e. The third-order valence-electron chi connectivity index (χ3n) is 4.35. The number of para-hydroxylation sites is 1. The van der Waals surface area contributed by atoms with Crippen LogP contribution in [0, 0.1) is 0 Å². The van der Waals surface area contributed by atoms with Crippen molar-refractivity contribution in [2.24, 2.45) is 0 Å². The van der Waals surface area contributed by atoms with Crippen molar-refractivity contribution in [3.63, 3.8) is 0 Å². The predicted octanol–water partition coefficient (Wildman–Crippen LogP) is 4.15. The first-order chi connectivity index (χ1) is 11.7. The van der Waals surface area contributed by atoms with E-state index in [1.807, 2.05) is 36.4 Å². The Labute approximate surface area is 142 Å². The topological polar surface area (TPSA) is 47.6 Å². The number of amides is 1. The number of carbonyl (C=O) groups excluding carboxylic acids is 1. The van der Waals surface area contributed by atoms with Gasteiger partial charge in [0.1, 0.15) is 13.2 Å². The first-order valence-electron chi connectivity index (χ1n) is 8.44. The van der Waals surface area contributed by atoms with Gasteiger partial charge in [0.15, 0.2) is 11.5 Å². The Bertz CT molecular complexity index is 727. The molecule has 3 rings (SSSR count). The maximum absolute atomic E-state index is 12.4. The van der Waals surface area contributed by atoms with Crippen LogP contribution in [-0.2, 0) is 11.2 Å². The summed E-state index contributed by atoms with van der Waals surface area (Å²) in [7, 11) is 0. The van der Waals surface area contributed by atoms with Gasteiger partial charge in [-0.25, -0.2) is 0 Å². The second kappa shape index (κ2) is 7.39. The van der Waals surface area contributed by atoms with Gasteiger partial charge in [-0.3, -0.25) is 4.79 Å². The number of hydrogen-bond donors (Lipinski definition) is 1. The summed E-state index contributed by atoms with van der Waals surface area (Å²) in [5.41, 5.74) is 2.99. The number of ether oxygens (including phenoxy) is 2. The third kappa shape index (κ3) is 3.70. The predicted molar refractivity (Wildman–Crippen MR) is 94.9 cm³/mol. The number of nitrogens with one attached hydrogen (secondary N) is 1. The molecule has 0 bridgehead atoms. The molecule has 0 saturated carbocycles. The summed E-state index contributed by atoms with van der Waals surface area (Å²) in [6.45, 7) is 5.44. The Kier molecular flexibility index (Phi) is 5.04. The van der Waals surface area contributed by atoms with Gasteiger partial charge in [-0.15, -0.1) is 0 Å². The quantitative estimate of drug-likeness (QED) is 0.898. The summed E-state index contributed by atoms with van der Waals surface area (Å²) < 4.78 is 11.1. The zero-order valence-corrected chi connectivity index (χ0v) is 14.2. The van der Waals surface area contributed by atoms with Crippen molar-refractivity contribution in [1.29, 1.82) is 0 Å². The fourth-order valence-electron chi connectivity index (χ4n) is 2.84. The van der Waals surface area contributed by atoms with Crippen molar-refractivity contribution < 1.29 is 14.3 Å². The molecule has 1 unspecified atom stereocenters. The van der Waals surface area contributed by atoms with Gasteiger partial charge in [-0.05, 0) is 41.7 Å². The molecule has 0 spiro atoms.